The Morgan fingerprint density at radius 1 is 1.50 bits per heavy atom. The van der Waals surface area contributed by atoms with Gasteiger partial charge in [0.25, 0.3) is 0 Å². The fourth-order valence-electron chi connectivity index (χ4n) is 0.573. The van der Waals surface area contributed by atoms with E-state index >= 15 is 0 Å². The molecular formula is C8H15NO3. The molecule has 0 aliphatic rings. The van der Waals surface area contributed by atoms with Gasteiger partial charge >= 0.3 is 5.97 Å². The number of esters is 1. The lowest BCUT2D eigenvalue weighted by Gasteiger charge is -2.07. The van der Waals surface area contributed by atoms with Crippen molar-refractivity contribution in [2.24, 2.45) is 5.73 Å². The number of rotatable bonds is 5. The van der Waals surface area contributed by atoms with Crippen LogP contribution in [0, 0.1) is 0 Å². The van der Waals surface area contributed by atoms with Gasteiger partial charge in [-0.15, -0.1) is 0 Å². The molecule has 0 bridgehead atoms. The van der Waals surface area contributed by atoms with E-state index < -0.39 is 12.0 Å². The average molecular weight is 173 g/mol. The second-order valence-electron chi connectivity index (χ2n) is 2.61. The molecule has 2 N–H and O–H groups in total. The maximum absolute atomic E-state index is 10.9. The van der Waals surface area contributed by atoms with E-state index in [0.29, 0.717) is 6.61 Å². The predicted octanol–water partition coefficient (Wildman–Crippen LogP) is 0.246. The Morgan fingerprint density at radius 2 is 2.08 bits per heavy atom. The van der Waals surface area contributed by atoms with E-state index in [1.807, 2.05) is 6.92 Å². The van der Waals surface area contributed by atoms with Crippen molar-refractivity contribution in [3.63, 3.8) is 0 Å². The molecule has 0 fully saturated rings. The summed E-state index contributed by atoms with van der Waals surface area (Å²) in [5, 5.41) is 0. The van der Waals surface area contributed by atoms with Crippen LogP contribution in [0.1, 0.15) is 26.7 Å². The first kappa shape index (κ1) is 11.1. The third kappa shape index (κ3) is 4.08. The van der Waals surface area contributed by atoms with Crippen LogP contribution in [0.25, 0.3) is 0 Å². The summed E-state index contributed by atoms with van der Waals surface area (Å²) in [5.41, 5.74) is 5.22. The second kappa shape index (κ2) is 5.71. The minimum atomic E-state index is -1.11. The van der Waals surface area contributed by atoms with E-state index in [1.165, 1.54) is 6.92 Å². The second-order valence-corrected chi connectivity index (χ2v) is 2.61. The summed E-state index contributed by atoms with van der Waals surface area (Å²) >= 11 is 0. The molecule has 70 valence electrons. The number of unbranched alkanes of at least 4 members (excludes halogenated alkanes) is 1. The first-order valence-electron chi connectivity index (χ1n) is 4.02. The Kier molecular flexibility index (Phi) is 5.28. The van der Waals surface area contributed by atoms with Gasteiger partial charge in [-0.3, -0.25) is 4.79 Å². The van der Waals surface area contributed by atoms with Crippen LogP contribution in [0.4, 0.5) is 0 Å². The van der Waals surface area contributed by atoms with Crippen LogP contribution in [-0.2, 0) is 14.3 Å². The summed E-state index contributed by atoms with van der Waals surface area (Å²) in [6.45, 7) is 3.60. The lowest BCUT2D eigenvalue weighted by molar-refractivity contribution is -0.147. The molecule has 0 aromatic carbocycles. The van der Waals surface area contributed by atoms with E-state index in [2.05, 4.69) is 0 Å². The van der Waals surface area contributed by atoms with Gasteiger partial charge in [-0.2, -0.15) is 0 Å². The van der Waals surface area contributed by atoms with Gasteiger partial charge in [-0.1, -0.05) is 13.3 Å². The number of carbonyl (C=O) groups is 2. The fourth-order valence-corrected chi connectivity index (χ4v) is 0.573. The van der Waals surface area contributed by atoms with E-state index in [1.54, 1.807) is 0 Å². The van der Waals surface area contributed by atoms with Crippen molar-refractivity contribution in [3.05, 3.63) is 0 Å². The zero-order chi connectivity index (χ0) is 9.56. The van der Waals surface area contributed by atoms with Crippen LogP contribution in [-0.4, -0.2) is 24.4 Å². The quantitative estimate of drug-likeness (QED) is 0.367. The van der Waals surface area contributed by atoms with Gasteiger partial charge in [-0.25, -0.2) is 4.79 Å². The topological polar surface area (TPSA) is 69.4 Å². The molecule has 0 heterocycles. The summed E-state index contributed by atoms with van der Waals surface area (Å²) in [5.74, 6) is -0.993. The zero-order valence-corrected chi connectivity index (χ0v) is 7.50. The zero-order valence-electron chi connectivity index (χ0n) is 7.50. The molecule has 4 heteroatoms. The van der Waals surface area contributed by atoms with Crippen molar-refractivity contribution in [1.29, 1.82) is 0 Å². The van der Waals surface area contributed by atoms with Crippen LogP contribution in [0.2, 0.25) is 0 Å². The molecule has 12 heavy (non-hydrogen) atoms. The molecule has 0 aliphatic carbocycles. The number of ketones is 1. The Bertz CT molecular complexity index is 168. The molecule has 0 aliphatic heterocycles. The van der Waals surface area contributed by atoms with Gasteiger partial charge in [0.05, 0.1) is 6.61 Å². The largest absolute Gasteiger partial charge is 0.464 e. The number of carbonyl (C=O) groups excluding carboxylic acids is 2. The minimum Gasteiger partial charge on any atom is -0.464 e. The summed E-state index contributed by atoms with van der Waals surface area (Å²) in [7, 11) is 0. The maximum atomic E-state index is 10.9. The van der Waals surface area contributed by atoms with Gasteiger partial charge in [0.1, 0.15) is 0 Å². The van der Waals surface area contributed by atoms with Crippen molar-refractivity contribution < 1.29 is 14.3 Å². The normalized spacial score (nSPS) is 12.2. The lowest BCUT2D eigenvalue weighted by atomic mass is 10.2. The number of ether oxygens (including phenoxy) is 1. The Balaban J connectivity index is 3.65. The Labute approximate surface area is 72.1 Å². The predicted molar refractivity (Wildman–Crippen MR) is 44.5 cm³/mol. The van der Waals surface area contributed by atoms with Crippen molar-refractivity contribution >= 4 is 11.8 Å². The van der Waals surface area contributed by atoms with Crippen LogP contribution >= 0.6 is 0 Å². The molecule has 0 radical (unpaired) electrons. The molecule has 4 nitrogen and oxygen atoms in total. The summed E-state index contributed by atoms with van der Waals surface area (Å²) in [6, 6.07) is -1.11. The number of nitrogens with two attached hydrogens (primary N) is 1. The van der Waals surface area contributed by atoms with E-state index in [9.17, 15) is 9.59 Å². The molecule has 0 spiro atoms. The highest BCUT2D eigenvalue weighted by Gasteiger charge is 2.18. The Morgan fingerprint density at radius 3 is 2.50 bits per heavy atom. The van der Waals surface area contributed by atoms with Crippen molar-refractivity contribution in [2.45, 2.75) is 32.7 Å². The van der Waals surface area contributed by atoms with Gasteiger partial charge in [0.15, 0.2) is 11.8 Å². The minimum absolute atomic E-state index is 0.344. The molecule has 0 rings (SSSR count). The molecular weight excluding hydrogens is 158 g/mol. The van der Waals surface area contributed by atoms with Gasteiger partial charge in [-0.05, 0) is 13.3 Å². The average Bonchev–Trinajstić information content (AvgIpc) is 2.03. The van der Waals surface area contributed by atoms with E-state index in [0.717, 1.165) is 12.8 Å². The Hall–Kier alpha value is -0.900. The number of hydrogen-bond acceptors (Lipinski definition) is 4. The lowest BCUT2D eigenvalue weighted by Crippen LogP contribution is -2.38. The smallest absolute Gasteiger partial charge is 0.330 e. The highest BCUT2D eigenvalue weighted by atomic mass is 16.5. The highest BCUT2D eigenvalue weighted by molar-refractivity contribution is 6.01. The van der Waals surface area contributed by atoms with Crippen molar-refractivity contribution in [2.75, 3.05) is 6.61 Å². The molecule has 1 atom stereocenters. The van der Waals surface area contributed by atoms with Crippen molar-refractivity contribution in [1.82, 2.24) is 0 Å². The van der Waals surface area contributed by atoms with Crippen LogP contribution in [0.3, 0.4) is 0 Å². The maximum Gasteiger partial charge on any atom is 0.330 e. The summed E-state index contributed by atoms with van der Waals surface area (Å²) < 4.78 is 4.72. The SMILES string of the molecule is CCCCOC(=O)C(N)C(C)=O. The first-order chi connectivity index (χ1) is 5.59. The third-order valence-corrected chi connectivity index (χ3v) is 1.43. The van der Waals surface area contributed by atoms with Gasteiger partial charge in [0, 0.05) is 0 Å². The van der Waals surface area contributed by atoms with Crippen LogP contribution in [0.15, 0.2) is 0 Å². The summed E-state index contributed by atoms with van der Waals surface area (Å²) in [6.07, 6.45) is 1.75. The van der Waals surface area contributed by atoms with E-state index in [4.69, 9.17) is 10.5 Å². The molecule has 0 amide bonds. The monoisotopic (exact) mass is 173 g/mol. The number of hydrogen-bond donors (Lipinski definition) is 1. The van der Waals surface area contributed by atoms with Gasteiger partial charge in [0.2, 0.25) is 0 Å². The molecule has 0 aromatic heterocycles. The van der Waals surface area contributed by atoms with Crippen LogP contribution in [0.5, 0.6) is 0 Å². The molecule has 1 unspecified atom stereocenters. The third-order valence-electron chi connectivity index (χ3n) is 1.43. The highest BCUT2D eigenvalue weighted by Crippen LogP contribution is 1.92. The summed E-state index contributed by atoms with van der Waals surface area (Å²) in [4.78, 5) is 21.5. The first-order valence-corrected chi connectivity index (χ1v) is 4.02. The van der Waals surface area contributed by atoms with Crippen LogP contribution < -0.4 is 5.73 Å². The standard InChI is InChI=1S/C8H15NO3/c1-3-4-5-12-8(11)7(9)6(2)10/h7H,3-5,9H2,1-2H3. The number of Topliss-reactive ketones (excluding diaryl/α,β-unsaturated/α-hetero) is 1. The molecule has 0 aromatic rings. The fraction of sp³-hybridized carbons (Fsp3) is 0.750. The molecule has 0 saturated carbocycles. The van der Waals surface area contributed by atoms with E-state index in [-0.39, 0.29) is 5.78 Å². The van der Waals surface area contributed by atoms with Gasteiger partial charge < -0.3 is 10.5 Å². The molecule has 0 saturated heterocycles. The van der Waals surface area contributed by atoms with Crippen molar-refractivity contribution in [3.8, 4) is 0 Å².